The van der Waals surface area contributed by atoms with Gasteiger partial charge in [-0.25, -0.2) is 13.4 Å². The van der Waals surface area contributed by atoms with Crippen molar-refractivity contribution in [2.45, 2.75) is 49.8 Å². The van der Waals surface area contributed by atoms with Crippen LogP contribution in [0.5, 0.6) is 0 Å². The van der Waals surface area contributed by atoms with Crippen molar-refractivity contribution in [3.05, 3.63) is 51.2 Å². The molecule has 0 saturated carbocycles. The van der Waals surface area contributed by atoms with Crippen LogP contribution in [0, 0.1) is 5.41 Å². The first-order valence-electron chi connectivity index (χ1n) is 12.9. The van der Waals surface area contributed by atoms with Crippen LogP contribution in [0.3, 0.4) is 0 Å². The van der Waals surface area contributed by atoms with Crippen molar-refractivity contribution in [1.82, 2.24) is 45.1 Å². The summed E-state index contributed by atoms with van der Waals surface area (Å²) in [6.07, 6.45) is 1.65. The summed E-state index contributed by atoms with van der Waals surface area (Å²) in [7, 11) is -3.90. The molecular formula is C24H29N11O3S2. The van der Waals surface area contributed by atoms with Crippen molar-refractivity contribution >= 4 is 44.0 Å². The maximum atomic E-state index is 13.7. The fraction of sp³-hybridized carbons (Fsp3) is 0.417. The van der Waals surface area contributed by atoms with Crippen LogP contribution in [0.2, 0.25) is 0 Å². The topological polar surface area (TPSA) is 203 Å². The summed E-state index contributed by atoms with van der Waals surface area (Å²) in [5.74, 6) is 0.211. The van der Waals surface area contributed by atoms with Gasteiger partial charge in [0, 0.05) is 72.4 Å². The Labute approximate surface area is 233 Å². The second-order valence-corrected chi connectivity index (χ2v) is 13.1. The minimum absolute atomic E-state index is 0.0501. The number of nitrogens with one attached hydrogen (secondary N) is 4. The molecule has 2 atom stereocenters. The van der Waals surface area contributed by atoms with E-state index in [9.17, 15) is 13.2 Å². The van der Waals surface area contributed by atoms with Crippen molar-refractivity contribution in [3.8, 4) is 0 Å². The monoisotopic (exact) mass is 583 g/mol. The number of amides is 1. The van der Waals surface area contributed by atoms with Gasteiger partial charge in [-0.15, -0.1) is 21.5 Å². The zero-order valence-corrected chi connectivity index (χ0v) is 23.3. The zero-order valence-electron chi connectivity index (χ0n) is 21.7. The Morgan fingerprint density at radius 1 is 1.27 bits per heavy atom. The van der Waals surface area contributed by atoms with Crippen LogP contribution in [0.1, 0.15) is 45.1 Å². The SMILES string of the molecule is CC1Cc2nc(C(=O)N3CCN(S(=O)(=O)c4cc5cc(C(=N)N)ccc5[nH]4)CC3CCc3nn[nH]n3)sc2CN1. The second kappa shape index (κ2) is 10.3. The predicted octanol–water partition coefficient (Wildman–Crippen LogP) is 0.604. The molecule has 1 aromatic carbocycles. The molecule has 6 rings (SSSR count). The normalized spacial score (nSPS) is 20.1. The number of aromatic nitrogens is 6. The minimum atomic E-state index is -3.90. The number of hydrogen-bond donors (Lipinski definition) is 5. The van der Waals surface area contributed by atoms with E-state index in [0.29, 0.717) is 52.7 Å². The molecule has 1 saturated heterocycles. The number of benzene rings is 1. The third-order valence-electron chi connectivity index (χ3n) is 7.39. The Hall–Kier alpha value is -3.73. The number of sulfonamides is 1. The summed E-state index contributed by atoms with van der Waals surface area (Å²) in [5.41, 5.74) is 7.69. The summed E-state index contributed by atoms with van der Waals surface area (Å²) in [5, 5.41) is 26.2. The molecule has 40 heavy (non-hydrogen) atoms. The van der Waals surface area contributed by atoms with E-state index in [1.807, 2.05) is 0 Å². The van der Waals surface area contributed by atoms with Crippen LogP contribution in [-0.2, 0) is 29.4 Å². The highest BCUT2D eigenvalue weighted by molar-refractivity contribution is 7.89. The van der Waals surface area contributed by atoms with Crippen LogP contribution >= 0.6 is 11.3 Å². The summed E-state index contributed by atoms with van der Waals surface area (Å²) >= 11 is 1.40. The number of carbonyl (C=O) groups is 1. The van der Waals surface area contributed by atoms with Crippen LogP contribution < -0.4 is 11.1 Å². The van der Waals surface area contributed by atoms with E-state index in [0.717, 1.165) is 17.0 Å². The zero-order chi connectivity index (χ0) is 28.0. The standard InChI is InChI=1S/C24H29N11O3S2/c1-13-8-18-19(11-27-13)39-23(29-18)24(36)35-7-6-34(12-16(35)3-5-20-30-32-33-31-20)40(37,38)21-10-15-9-14(22(25)26)2-4-17(15)28-21/h2,4,9-10,13,16,27-28H,3,5-8,11-12H2,1H3,(H3,25,26)(H,30,31,32,33). The molecule has 1 amide bonds. The predicted molar refractivity (Wildman–Crippen MR) is 148 cm³/mol. The molecule has 6 N–H and O–H groups in total. The molecule has 2 unspecified atom stereocenters. The molecule has 1 fully saturated rings. The summed E-state index contributed by atoms with van der Waals surface area (Å²) in [4.78, 5) is 24.2. The van der Waals surface area contributed by atoms with E-state index in [1.165, 1.54) is 15.6 Å². The lowest BCUT2D eigenvalue weighted by molar-refractivity contribution is 0.0549. The molecule has 5 heterocycles. The molecule has 0 spiro atoms. The van der Waals surface area contributed by atoms with E-state index < -0.39 is 16.1 Å². The van der Waals surface area contributed by atoms with Gasteiger partial charge >= 0.3 is 0 Å². The fourth-order valence-electron chi connectivity index (χ4n) is 5.22. The molecule has 2 aliphatic rings. The summed E-state index contributed by atoms with van der Waals surface area (Å²) in [6.45, 7) is 3.26. The number of tetrazole rings is 1. The number of nitrogens with two attached hydrogens (primary N) is 1. The number of thiazole rings is 1. The number of carbonyl (C=O) groups excluding carboxylic acids is 1. The van der Waals surface area contributed by atoms with Crippen molar-refractivity contribution in [1.29, 1.82) is 5.41 Å². The number of aromatic amines is 2. The molecule has 0 bridgehead atoms. The molecule has 2 aliphatic heterocycles. The number of H-pyrrole nitrogens is 2. The number of nitrogens with zero attached hydrogens (tertiary/aromatic N) is 6. The van der Waals surface area contributed by atoms with E-state index >= 15 is 0 Å². The van der Waals surface area contributed by atoms with E-state index in [-0.39, 0.29) is 36.4 Å². The Bertz CT molecular complexity index is 1680. The van der Waals surface area contributed by atoms with Gasteiger partial charge in [0.2, 0.25) is 0 Å². The number of rotatable bonds is 7. The molecular weight excluding hydrogens is 554 g/mol. The highest BCUT2D eigenvalue weighted by Gasteiger charge is 2.38. The van der Waals surface area contributed by atoms with Gasteiger partial charge < -0.3 is 20.9 Å². The van der Waals surface area contributed by atoms with Gasteiger partial charge in [-0.3, -0.25) is 10.2 Å². The first-order chi connectivity index (χ1) is 19.2. The molecule has 0 radical (unpaired) electrons. The lowest BCUT2D eigenvalue weighted by atomic mass is 10.1. The number of aryl methyl sites for hydroxylation is 1. The van der Waals surface area contributed by atoms with E-state index in [1.54, 1.807) is 29.2 Å². The average Bonchev–Trinajstić information content (AvgIpc) is 3.70. The lowest BCUT2D eigenvalue weighted by Gasteiger charge is -2.40. The third kappa shape index (κ3) is 4.98. The van der Waals surface area contributed by atoms with Gasteiger partial charge in [-0.1, -0.05) is 5.21 Å². The molecule has 14 nitrogen and oxygen atoms in total. The Kier molecular flexibility index (Phi) is 6.85. The first-order valence-corrected chi connectivity index (χ1v) is 15.2. The Morgan fingerprint density at radius 2 is 2.12 bits per heavy atom. The van der Waals surface area contributed by atoms with Crippen molar-refractivity contribution in [2.75, 3.05) is 19.6 Å². The summed E-state index contributed by atoms with van der Waals surface area (Å²) < 4.78 is 28.9. The minimum Gasteiger partial charge on any atom is -0.384 e. The van der Waals surface area contributed by atoms with Crippen LogP contribution in [0.4, 0.5) is 0 Å². The molecule has 210 valence electrons. The molecule has 4 aromatic rings. The van der Waals surface area contributed by atoms with Gasteiger partial charge in [0.05, 0.1) is 5.69 Å². The average molecular weight is 584 g/mol. The fourth-order valence-corrected chi connectivity index (χ4v) is 7.70. The maximum absolute atomic E-state index is 13.7. The lowest BCUT2D eigenvalue weighted by Crippen LogP contribution is -2.56. The van der Waals surface area contributed by atoms with E-state index in [4.69, 9.17) is 11.1 Å². The Morgan fingerprint density at radius 3 is 2.90 bits per heavy atom. The van der Waals surface area contributed by atoms with Gasteiger partial charge in [0.1, 0.15) is 10.9 Å². The number of piperazine rings is 1. The highest BCUT2D eigenvalue weighted by atomic mass is 32.2. The highest BCUT2D eigenvalue weighted by Crippen LogP contribution is 2.29. The van der Waals surface area contributed by atoms with Crippen molar-refractivity contribution < 1.29 is 13.2 Å². The summed E-state index contributed by atoms with van der Waals surface area (Å²) in [6, 6.07) is 6.50. The number of nitrogen functional groups attached to an aromatic ring is 1. The largest absolute Gasteiger partial charge is 0.384 e. The number of hydrogen-bond acceptors (Lipinski definition) is 10. The van der Waals surface area contributed by atoms with Gasteiger partial charge in [-0.2, -0.15) is 9.52 Å². The quantitative estimate of drug-likeness (QED) is 0.152. The van der Waals surface area contributed by atoms with Crippen LogP contribution in [0.15, 0.2) is 29.3 Å². The van der Waals surface area contributed by atoms with Crippen LogP contribution in [0.25, 0.3) is 10.9 Å². The van der Waals surface area contributed by atoms with Crippen molar-refractivity contribution in [2.24, 2.45) is 5.73 Å². The molecule has 16 heteroatoms. The van der Waals surface area contributed by atoms with E-state index in [2.05, 4.69) is 42.8 Å². The number of fused-ring (bicyclic) bond motifs is 2. The smallest absolute Gasteiger partial charge is 0.283 e. The number of amidine groups is 1. The molecule has 3 aromatic heterocycles. The van der Waals surface area contributed by atoms with Gasteiger partial charge in [-0.05, 0) is 37.6 Å². The second-order valence-electron chi connectivity index (χ2n) is 10.1. The van der Waals surface area contributed by atoms with Crippen molar-refractivity contribution in [3.63, 3.8) is 0 Å². The third-order valence-corrected chi connectivity index (χ3v) is 10.3. The Balaban J connectivity index is 1.26. The maximum Gasteiger partial charge on any atom is 0.283 e. The van der Waals surface area contributed by atoms with Crippen LogP contribution in [-0.4, -0.2) is 91.7 Å². The first kappa shape index (κ1) is 26.5. The molecule has 0 aliphatic carbocycles. The van der Waals surface area contributed by atoms with Gasteiger partial charge in [0.15, 0.2) is 10.8 Å². The van der Waals surface area contributed by atoms with Gasteiger partial charge in [0.25, 0.3) is 15.9 Å².